The first-order chi connectivity index (χ1) is 8.82. The predicted octanol–water partition coefficient (Wildman–Crippen LogP) is 1.04. The van der Waals surface area contributed by atoms with Crippen LogP contribution < -0.4 is 0 Å². The van der Waals surface area contributed by atoms with Crippen molar-refractivity contribution in [3.63, 3.8) is 0 Å². The van der Waals surface area contributed by atoms with E-state index in [1.165, 1.54) is 6.92 Å². The van der Waals surface area contributed by atoms with Crippen molar-refractivity contribution in [2.75, 3.05) is 6.54 Å². The fraction of sp³-hybridized carbons (Fsp3) is 0.583. The number of aliphatic carboxylic acids is 2. The number of hydrogen-bond donors (Lipinski definition) is 2. The summed E-state index contributed by atoms with van der Waals surface area (Å²) in [5, 5.41) is 21.6. The van der Waals surface area contributed by atoms with Crippen LogP contribution in [0.15, 0.2) is 4.52 Å². The Morgan fingerprint density at radius 3 is 2.42 bits per heavy atom. The van der Waals surface area contributed by atoms with Crippen LogP contribution in [0.5, 0.6) is 0 Å². The summed E-state index contributed by atoms with van der Waals surface area (Å²) in [6, 6.07) is -0.770. The molecule has 1 heterocycles. The molecule has 0 radical (unpaired) electrons. The number of rotatable bonds is 7. The lowest BCUT2D eigenvalue weighted by Crippen LogP contribution is -2.39. The predicted molar refractivity (Wildman–Crippen MR) is 65.7 cm³/mol. The Hall–Kier alpha value is -1.89. The SMILES string of the molecule is Cc1noc(C)c1CN(CCC(=O)O)C(C)C(=O)O. The van der Waals surface area contributed by atoms with Gasteiger partial charge in [0.2, 0.25) is 0 Å². The summed E-state index contributed by atoms with van der Waals surface area (Å²) in [5.74, 6) is -1.33. The topological polar surface area (TPSA) is 104 Å². The number of hydrogen-bond acceptors (Lipinski definition) is 5. The summed E-state index contributed by atoms with van der Waals surface area (Å²) >= 11 is 0. The van der Waals surface area contributed by atoms with Crippen molar-refractivity contribution < 1.29 is 24.3 Å². The Morgan fingerprint density at radius 1 is 1.37 bits per heavy atom. The largest absolute Gasteiger partial charge is 0.481 e. The van der Waals surface area contributed by atoms with Crippen molar-refractivity contribution in [3.05, 3.63) is 17.0 Å². The van der Waals surface area contributed by atoms with Gasteiger partial charge in [-0.25, -0.2) is 0 Å². The third kappa shape index (κ3) is 4.06. The number of carboxylic acids is 2. The van der Waals surface area contributed by atoms with E-state index in [0.717, 1.165) is 5.56 Å². The van der Waals surface area contributed by atoms with Crippen LogP contribution in [0.1, 0.15) is 30.4 Å². The summed E-state index contributed by atoms with van der Waals surface area (Å²) in [5.41, 5.74) is 1.49. The monoisotopic (exact) mass is 270 g/mol. The van der Waals surface area contributed by atoms with Gasteiger partial charge in [-0.3, -0.25) is 14.5 Å². The van der Waals surface area contributed by atoms with Crippen LogP contribution in [-0.2, 0) is 16.1 Å². The molecule has 2 N–H and O–H groups in total. The van der Waals surface area contributed by atoms with Crippen LogP contribution >= 0.6 is 0 Å². The zero-order valence-electron chi connectivity index (χ0n) is 11.2. The summed E-state index contributed by atoms with van der Waals surface area (Å²) < 4.78 is 5.02. The molecule has 0 spiro atoms. The molecule has 1 unspecified atom stereocenters. The quantitative estimate of drug-likeness (QED) is 0.762. The molecular weight excluding hydrogens is 252 g/mol. The number of nitrogens with zero attached hydrogens (tertiary/aromatic N) is 2. The molecule has 0 aliphatic heterocycles. The van der Waals surface area contributed by atoms with Crippen LogP contribution in [0, 0.1) is 13.8 Å². The molecule has 1 atom stereocenters. The van der Waals surface area contributed by atoms with Crippen LogP contribution in [-0.4, -0.2) is 44.8 Å². The van der Waals surface area contributed by atoms with Crippen LogP contribution in [0.2, 0.25) is 0 Å². The number of carbonyl (C=O) groups is 2. The molecule has 0 saturated heterocycles. The summed E-state index contributed by atoms with van der Waals surface area (Å²) in [6.45, 7) is 5.51. The van der Waals surface area contributed by atoms with Gasteiger partial charge in [-0.05, 0) is 20.8 Å². The van der Waals surface area contributed by atoms with Gasteiger partial charge in [0.1, 0.15) is 11.8 Å². The van der Waals surface area contributed by atoms with E-state index >= 15 is 0 Å². The van der Waals surface area contributed by atoms with Gasteiger partial charge in [-0.2, -0.15) is 0 Å². The molecule has 0 amide bonds. The van der Waals surface area contributed by atoms with E-state index in [-0.39, 0.29) is 13.0 Å². The van der Waals surface area contributed by atoms with Crippen molar-refractivity contribution in [3.8, 4) is 0 Å². The second-order valence-electron chi connectivity index (χ2n) is 4.43. The van der Waals surface area contributed by atoms with Gasteiger partial charge < -0.3 is 14.7 Å². The van der Waals surface area contributed by atoms with Crippen molar-refractivity contribution in [1.29, 1.82) is 0 Å². The average molecular weight is 270 g/mol. The third-order valence-electron chi connectivity index (χ3n) is 3.06. The molecule has 1 rings (SSSR count). The minimum atomic E-state index is -0.989. The lowest BCUT2D eigenvalue weighted by molar-refractivity contribution is -0.144. The maximum Gasteiger partial charge on any atom is 0.320 e. The normalized spacial score (nSPS) is 12.6. The molecule has 1 aromatic rings. The van der Waals surface area contributed by atoms with E-state index < -0.39 is 18.0 Å². The lowest BCUT2D eigenvalue weighted by Gasteiger charge is -2.25. The van der Waals surface area contributed by atoms with Crippen LogP contribution in [0.4, 0.5) is 0 Å². The smallest absolute Gasteiger partial charge is 0.320 e. The average Bonchev–Trinajstić information content (AvgIpc) is 2.64. The number of aryl methyl sites for hydroxylation is 2. The van der Waals surface area contributed by atoms with E-state index in [1.54, 1.807) is 18.7 Å². The molecule has 0 saturated carbocycles. The van der Waals surface area contributed by atoms with Crippen molar-refractivity contribution in [2.45, 2.75) is 39.8 Å². The highest BCUT2D eigenvalue weighted by atomic mass is 16.5. The first-order valence-corrected chi connectivity index (χ1v) is 5.93. The molecule has 0 aromatic carbocycles. The zero-order chi connectivity index (χ0) is 14.6. The van der Waals surface area contributed by atoms with Gasteiger partial charge in [-0.1, -0.05) is 5.16 Å². The van der Waals surface area contributed by atoms with Crippen molar-refractivity contribution >= 4 is 11.9 Å². The van der Waals surface area contributed by atoms with E-state index in [1.807, 2.05) is 0 Å². The summed E-state index contributed by atoms with van der Waals surface area (Å²) in [7, 11) is 0. The molecule has 0 fully saturated rings. The number of aromatic nitrogens is 1. The molecule has 7 nitrogen and oxygen atoms in total. The third-order valence-corrected chi connectivity index (χ3v) is 3.06. The Kier molecular flexibility index (Phi) is 5.05. The molecule has 0 bridgehead atoms. The van der Waals surface area contributed by atoms with Crippen LogP contribution in [0.25, 0.3) is 0 Å². The van der Waals surface area contributed by atoms with E-state index in [0.29, 0.717) is 18.0 Å². The first kappa shape index (κ1) is 15.2. The molecule has 106 valence electrons. The fourth-order valence-electron chi connectivity index (χ4n) is 1.74. The zero-order valence-corrected chi connectivity index (χ0v) is 11.2. The molecule has 7 heteroatoms. The van der Waals surface area contributed by atoms with E-state index in [2.05, 4.69) is 5.16 Å². The number of carboxylic acid groups (broad SMARTS) is 2. The Morgan fingerprint density at radius 2 is 2.00 bits per heavy atom. The minimum absolute atomic E-state index is 0.110. The van der Waals surface area contributed by atoms with E-state index in [9.17, 15) is 9.59 Å². The minimum Gasteiger partial charge on any atom is -0.481 e. The van der Waals surface area contributed by atoms with Gasteiger partial charge in [0.15, 0.2) is 0 Å². The standard InChI is InChI=1S/C12H18N2O5/c1-7-10(9(3)19-13-7)6-14(5-4-11(15)16)8(2)12(17)18/h8H,4-6H2,1-3H3,(H,15,16)(H,17,18). The van der Waals surface area contributed by atoms with E-state index in [4.69, 9.17) is 14.7 Å². The van der Waals surface area contributed by atoms with Gasteiger partial charge in [0.05, 0.1) is 12.1 Å². The van der Waals surface area contributed by atoms with Crippen molar-refractivity contribution in [2.24, 2.45) is 0 Å². The fourth-order valence-corrected chi connectivity index (χ4v) is 1.74. The van der Waals surface area contributed by atoms with Gasteiger partial charge >= 0.3 is 11.9 Å². The molecule has 0 aliphatic carbocycles. The highest BCUT2D eigenvalue weighted by Gasteiger charge is 2.23. The second kappa shape index (κ2) is 6.33. The van der Waals surface area contributed by atoms with Crippen LogP contribution in [0.3, 0.4) is 0 Å². The molecule has 1 aromatic heterocycles. The Balaban J connectivity index is 2.84. The van der Waals surface area contributed by atoms with Gasteiger partial charge in [0.25, 0.3) is 0 Å². The summed E-state index contributed by atoms with van der Waals surface area (Å²) in [4.78, 5) is 23.3. The highest BCUT2D eigenvalue weighted by molar-refractivity contribution is 5.73. The molecule has 19 heavy (non-hydrogen) atoms. The Labute approximate surface area is 110 Å². The van der Waals surface area contributed by atoms with Gasteiger partial charge in [-0.15, -0.1) is 0 Å². The van der Waals surface area contributed by atoms with Crippen molar-refractivity contribution in [1.82, 2.24) is 10.1 Å². The lowest BCUT2D eigenvalue weighted by atomic mass is 10.1. The second-order valence-corrected chi connectivity index (χ2v) is 4.43. The Bertz CT molecular complexity index is 449. The summed E-state index contributed by atoms with van der Waals surface area (Å²) in [6.07, 6.45) is -0.110. The highest BCUT2D eigenvalue weighted by Crippen LogP contribution is 2.17. The maximum absolute atomic E-state index is 11.1. The first-order valence-electron chi connectivity index (χ1n) is 5.93. The molecule has 0 aliphatic rings. The molecular formula is C12H18N2O5. The maximum atomic E-state index is 11.1. The van der Waals surface area contributed by atoms with Gasteiger partial charge in [0, 0.05) is 18.7 Å².